The average Bonchev–Trinajstić information content (AvgIpc) is 2.20. The number of carboxylic acids is 2. The third-order valence-corrected chi connectivity index (χ3v) is 1.47. The van der Waals surface area contributed by atoms with Crippen LogP contribution in [0.1, 0.15) is 6.92 Å². The fourth-order valence-electron chi connectivity index (χ4n) is 0.742. The number of hydrogen-bond donors (Lipinski definition) is 2. The van der Waals surface area contributed by atoms with Gasteiger partial charge in [-0.25, -0.2) is 9.59 Å². The highest BCUT2D eigenvalue weighted by Gasteiger charge is 2.04. The van der Waals surface area contributed by atoms with E-state index in [1.807, 2.05) is 0 Å². The third-order valence-electron chi connectivity index (χ3n) is 1.47. The van der Waals surface area contributed by atoms with Gasteiger partial charge in [-0.3, -0.25) is 0 Å². The summed E-state index contributed by atoms with van der Waals surface area (Å²) in [5, 5.41) is 14.8. The molecule has 1 heterocycles. The van der Waals surface area contributed by atoms with E-state index >= 15 is 0 Å². The van der Waals surface area contributed by atoms with Gasteiger partial charge in [0.05, 0.1) is 0 Å². The van der Waals surface area contributed by atoms with Crippen molar-refractivity contribution in [3.05, 3.63) is 24.4 Å². The molecule has 0 amide bonds. The molecule has 5 nitrogen and oxygen atoms in total. The van der Waals surface area contributed by atoms with E-state index in [2.05, 4.69) is 36.3 Å². The largest absolute Gasteiger partial charge is 0.473 e. The maximum Gasteiger partial charge on any atom is 0.414 e. The van der Waals surface area contributed by atoms with Gasteiger partial charge >= 0.3 is 11.9 Å². The van der Waals surface area contributed by atoms with E-state index in [0.717, 1.165) is 13.1 Å². The minimum atomic E-state index is -1.82. The molecule has 0 saturated heterocycles. The zero-order chi connectivity index (χ0) is 11.0. The van der Waals surface area contributed by atoms with Crippen molar-refractivity contribution in [2.75, 3.05) is 13.1 Å². The lowest BCUT2D eigenvalue weighted by Crippen LogP contribution is -2.17. The summed E-state index contributed by atoms with van der Waals surface area (Å²) in [4.78, 5) is 20.4. The molecule has 0 radical (unpaired) electrons. The van der Waals surface area contributed by atoms with E-state index in [1.165, 1.54) is 0 Å². The Morgan fingerprint density at radius 1 is 1.29 bits per heavy atom. The molecule has 0 saturated carbocycles. The molecule has 1 aliphatic rings. The smallest absolute Gasteiger partial charge is 0.414 e. The van der Waals surface area contributed by atoms with Crippen molar-refractivity contribution in [3.63, 3.8) is 0 Å². The SMILES string of the molecule is CCN1C=CC=CC1.O=C(O)C(=O)O. The molecular formula is C9H13NO4. The van der Waals surface area contributed by atoms with E-state index in [-0.39, 0.29) is 0 Å². The summed E-state index contributed by atoms with van der Waals surface area (Å²) in [6, 6.07) is 0. The zero-order valence-electron chi connectivity index (χ0n) is 7.88. The highest BCUT2D eigenvalue weighted by molar-refractivity contribution is 6.27. The van der Waals surface area contributed by atoms with Crippen LogP contribution in [0.2, 0.25) is 0 Å². The lowest BCUT2D eigenvalue weighted by molar-refractivity contribution is -0.159. The van der Waals surface area contributed by atoms with Crippen LogP contribution in [0.4, 0.5) is 0 Å². The van der Waals surface area contributed by atoms with Crippen molar-refractivity contribution < 1.29 is 19.8 Å². The molecule has 0 aromatic heterocycles. The predicted molar refractivity (Wildman–Crippen MR) is 50.8 cm³/mol. The van der Waals surface area contributed by atoms with Crippen LogP contribution in [0.15, 0.2) is 24.4 Å². The van der Waals surface area contributed by atoms with Crippen molar-refractivity contribution >= 4 is 11.9 Å². The molecule has 0 unspecified atom stereocenters. The van der Waals surface area contributed by atoms with Crippen molar-refractivity contribution in [1.82, 2.24) is 4.90 Å². The van der Waals surface area contributed by atoms with Crippen molar-refractivity contribution in [1.29, 1.82) is 0 Å². The molecule has 1 aliphatic heterocycles. The second kappa shape index (κ2) is 6.71. The molecule has 0 aliphatic carbocycles. The van der Waals surface area contributed by atoms with Gasteiger partial charge in [-0.1, -0.05) is 12.2 Å². The highest BCUT2D eigenvalue weighted by atomic mass is 16.4. The molecule has 0 atom stereocenters. The maximum absolute atomic E-state index is 9.10. The molecule has 0 fully saturated rings. The fraction of sp³-hybridized carbons (Fsp3) is 0.333. The molecule has 0 aromatic rings. The zero-order valence-corrected chi connectivity index (χ0v) is 7.88. The van der Waals surface area contributed by atoms with Crippen LogP contribution < -0.4 is 0 Å². The number of aliphatic carboxylic acids is 2. The summed E-state index contributed by atoms with van der Waals surface area (Å²) in [7, 11) is 0. The summed E-state index contributed by atoms with van der Waals surface area (Å²) < 4.78 is 0. The minimum absolute atomic E-state index is 1.08. The Morgan fingerprint density at radius 3 is 2.07 bits per heavy atom. The molecule has 5 heteroatoms. The molecule has 0 spiro atoms. The van der Waals surface area contributed by atoms with Gasteiger partial charge in [-0.05, 0) is 19.2 Å². The predicted octanol–water partition coefficient (Wildman–Crippen LogP) is 0.547. The topological polar surface area (TPSA) is 77.8 Å². The molecule has 78 valence electrons. The molecule has 1 rings (SSSR count). The lowest BCUT2D eigenvalue weighted by Gasteiger charge is -2.16. The van der Waals surface area contributed by atoms with E-state index in [1.54, 1.807) is 0 Å². The van der Waals surface area contributed by atoms with Crippen LogP contribution in [0.3, 0.4) is 0 Å². The van der Waals surface area contributed by atoms with Gasteiger partial charge in [0, 0.05) is 13.1 Å². The van der Waals surface area contributed by atoms with Crippen LogP contribution in [0.5, 0.6) is 0 Å². The first-order valence-electron chi connectivity index (χ1n) is 4.11. The second-order valence-electron chi connectivity index (χ2n) is 2.47. The molecule has 14 heavy (non-hydrogen) atoms. The summed E-state index contributed by atoms with van der Waals surface area (Å²) in [5.41, 5.74) is 0. The first-order valence-corrected chi connectivity index (χ1v) is 4.11. The van der Waals surface area contributed by atoms with Gasteiger partial charge in [0.25, 0.3) is 0 Å². The molecular weight excluding hydrogens is 186 g/mol. The summed E-state index contributed by atoms with van der Waals surface area (Å²) in [6.07, 6.45) is 8.41. The number of likely N-dealkylation sites (N-methyl/N-ethyl adjacent to an activating group) is 1. The first kappa shape index (κ1) is 12.2. The molecule has 0 bridgehead atoms. The number of rotatable bonds is 1. The van der Waals surface area contributed by atoms with Gasteiger partial charge in [0.15, 0.2) is 0 Å². The summed E-state index contributed by atoms with van der Waals surface area (Å²) in [6.45, 7) is 4.34. The van der Waals surface area contributed by atoms with Crippen molar-refractivity contribution in [2.24, 2.45) is 0 Å². The standard InChI is InChI=1S/C7H11N.C2H2O4/c1-2-8-6-4-3-5-7-8;3-1(4)2(5)6/h3-6H,2,7H2,1H3;(H,3,4)(H,5,6). The average molecular weight is 199 g/mol. The van der Waals surface area contributed by atoms with Gasteiger partial charge in [-0.15, -0.1) is 0 Å². The van der Waals surface area contributed by atoms with E-state index in [9.17, 15) is 0 Å². The molecule has 0 aromatic carbocycles. The Hall–Kier alpha value is -1.78. The van der Waals surface area contributed by atoms with E-state index in [0.29, 0.717) is 0 Å². The number of carbonyl (C=O) groups is 2. The third kappa shape index (κ3) is 5.82. The van der Waals surface area contributed by atoms with Crippen molar-refractivity contribution in [2.45, 2.75) is 6.92 Å². The van der Waals surface area contributed by atoms with Gasteiger partial charge in [0.2, 0.25) is 0 Å². The Morgan fingerprint density at radius 2 is 1.86 bits per heavy atom. The van der Waals surface area contributed by atoms with Crippen molar-refractivity contribution in [3.8, 4) is 0 Å². The van der Waals surface area contributed by atoms with Crippen LogP contribution in [-0.4, -0.2) is 40.1 Å². The number of nitrogens with zero attached hydrogens (tertiary/aromatic N) is 1. The van der Waals surface area contributed by atoms with Gasteiger partial charge in [0.1, 0.15) is 0 Å². The Bertz CT molecular complexity index is 246. The van der Waals surface area contributed by atoms with Crippen LogP contribution in [-0.2, 0) is 9.59 Å². The fourth-order valence-corrected chi connectivity index (χ4v) is 0.742. The minimum Gasteiger partial charge on any atom is -0.473 e. The molecule has 2 N–H and O–H groups in total. The number of hydrogen-bond acceptors (Lipinski definition) is 3. The lowest BCUT2D eigenvalue weighted by atomic mass is 10.3. The summed E-state index contributed by atoms with van der Waals surface area (Å²) >= 11 is 0. The summed E-state index contributed by atoms with van der Waals surface area (Å²) in [5.74, 6) is -3.65. The maximum atomic E-state index is 9.10. The first-order chi connectivity index (χ1) is 6.57. The Labute approximate surface area is 82.0 Å². The van der Waals surface area contributed by atoms with Crippen LogP contribution >= 0.6 is 0 Å². The van der Waals surface area contributed by atoms with Gasteiger partial charge < -0.3 is 15.1 Å². The normalized spacial score (nSPS) is 13.1. The van der Waals surface area contributed by atoms with Crippen LogP contribution in [0, 0.1) is 0 Å². The van der Waals surface area contributed by atoms with E-state index in [4.69, 9.17) is 19.8 Å². The Balaban J connectivity index is 0.000000255. The van der Waals surface area contributed by atoms with E-state index < -0.39 is 11.9 Å². The second-order valence-corrected chi connectivity index (χ2v) is 2.47. The Kier molecular flexibility index (Phi) is 5.85. The monoisotopic (exact) mass is 199 g/mol. The van der Waals surface area contributed by atoms with Gasteiger partial charge in [-0.2, -0.15) is 0 Å². The number of carboxylic acid groups (broad SMARTS) is 2. The number of allylic oxidation sites excluding steroid dienone is 2. The highest BCUT2D eigenvalue weighted by Crippen LogP contribution is 1.95. The van der Waals surface area contributed by atoms with Crippen LogP contribution in [0.25, 0.3) is 0 Å². The quantitative estimate of drug-likeness (QED) is 0.603.